The molecule has 31 heavy (non-hydrogen) atoms. The molecule has 0 aliphatic heterocycles. The van der Waals surface area contributed by atoms with Gasteiger partial charge in [0.05, 0.1) is 29.6 Å². The van der Waals surface area contributed by atoms with Gasteiger partial charge in [-0.05, 0) is 42.5 Å². The molecule has 4 aromatic rings. The van der Waals surface area contributed by atoms with Crippen molar-refractivity contribution in [3.05, 3.63) is 101 Å². The summed E-state index contributed by atoms with van der Waals surface area (Å²) in [5.41, 5.74) is 6.72. The molecule has 0 radical (unpaired) electrons. The van der Waals surface area contributed by atoms with Crippen LogP contribution in [0.2, 0.25) is 0 Å². The topological polar surface area (TPSA) is 94.6 Å². The van der Waals surface area contributed by atoms with Crippen LogP contribution in [0.4, 0.5) is 11.4 Å². The van der Waals surface area contributed by atoms with Gasteiger partial charge in [-0.2, -0.15) is 10.2 Å². The van der Waals surface area contributed by atoms with Crippen LogP contribution >= 0.6 is 0 Å². The van der Waals surface area contributed by atoms with Crippen molar-refractivity contribution in [2.75, 3.05) is 12.5 Å². The molecular weight excluding hydrogens is 394 g/mol. The first-order valence-electron chi connectivity index (χ1n) is 9.47. The van der Waals surface area contributed by atoms with Crippen LogP contribution in [0.5, 0.6) is 5.75 Å². The monoisotopic (exact) mass is 413 g/mol. The quantitative estimate of drug-likeness (QED) is 0.264. The number of methoxy groups -OCH3 is 1. The van der Waals surface area contributed by atoms with Crippen LogP contribution < -0.4 is 10.2 Å². The third-order valence-electron chi connectivity index (χ3n) is 4.58. The number of nitro groups is 1. The Hall–Kier alpha value is -4.46. The lowest BCUT2D eigenvalue weighted by atomic mass is 10.1. The average molecular weight is 413 g/mol. The van der Waals surface area contributed by atoms with Crippen molar-refractivity contribution in [2.45, 2.75) is 0 Å². The van der Waals surface area contributed by atoms with Crippen LogP contribution in [0.1, 0.15) is 5.56 Å². The summed E-state index contributed by atoms with van der Waals surface area (Å²) in [6, 6.07) is 23.6. The number of aromatic nitrogens is 2. The molecule has 154 valence electrons. The molecule has 3 aromatic carbocycles. The first kappa shape index (κ1) is 19.8. The molecule has 0 fully saturated rings. The van der Waals surface area contributed by atoms with Crippen molar-refractivity contribution in [2.24, 2.45) is 5.10 Å². The Bertz CT molecular complexity index is 1220. The van der Waals surface area contributed by atoms with Gasteiger partial charge in [0.25, 0.3) is 5.69 Å². The number of hydrogen-bond donors (Lipinski definition) is 1. The van der Waals surface area contributed by atoms with Crippen LogP contribution in [0.3, 0.4) is 0 Å². The highest BCUT2D eigenvalue weighted by atomic mass is 16.6. The van der Waals surface area contributed by atoms with E-state index >= 15 is 0 Å². The zero-order valence-corrected chi connectivity index (χ0v) is 16.7. The normalized spacial score (nSPS) is 10.9. The Kier molecular flexibility index (Phi) is 5.70. The highest BCUT2D eigenvalue weighted by Gasteiger charge is 2.11. The van der Waals surface area contributed by atoms with E-state index in [9.17, 15) is 10.1 Å². The first-order chi connectivity index (χ1) is 15.1. The Morgan fingerprint density at radius 2 is 1.84 bits per heavy atom. The number of nitrogens with zero attached hydrogens (tertiary/aromatic N) is 4. The molecule has 8 nitrogen and oxygen atoms in total. The van der Waals surface area contributed by atoms with E-state index in [-0.39, 0.29) is 5.69 Å². The standard InChI is InChI=1S/C23H19N5O3/c1-31-22-12-10-17(11-13-22)23-18(16-27(26-23)20-7-3-2-4-8-20)15-24-25-19-6-5-9-21(14-19)28(29)30/h2-16,25H,1H3. The number of para-hydroxylation sites is 1. The Morgan fingerprint density at radius 3 is 2.55 bits per heavy atom. The van der Waals surface area contributed by atoms with Gasteiger partial charge in [-0.1, -0.05) is 24.3 Å². The molecule has 1 aromatic heterocycles. The van der Waals surface area contributed by atoms with E-state index in [1.165, 1.54) is 12.1 Å². The molecule has 0 aliphatic carbocycles. The number of ether oxygens (including phenoxy) is 1. The van der Waals surface area contributed by atoms with Gasteiger partial charge in [-0.3, -0.25) is 15.5 Å². The second-order valence-electron chi connectivity index (χ2n) is 6.62. The summed E-state index contributed by atoms with van der Waals surface area (Å²) in [6.07, 6.45) is 3.53. The minimum absolute atomic E-state index is 0.00369. The number of non-ortho nitro benzene ring substituents is 1. The fourth-order valence-electron chi connectivity index (χ4n) is 3.03. The molecule has 1 heterocycles. The van der Waals surface area contributed by atoms with Gasteiger partial charge in [0.15, 0.2) is 0 Å². The van der Waals surface area contributed by atoms with E-state index in [0.29, 0.717) is 5.69 Å². The molecule has 0 saturated carbocycles. The third-order valence-corrected chi connectivity index (χ3v) is 4.58. The Balaban J connectivity index is 1.66. The second kappa shape index (κ2) is 8.91. The predicted octanol–water partition coefficient (Wildman–Crippen LogP) is 4.90. The molecule has 1 N–H and O–H groups in total. The van der Waals surface area contributed by atoms with Gasteiger partial charge in [-0.15, -0.1) is 0 Å². The Labute approximate surface area is 178 Å². The van der Waals surface area contributed by atoms with Crippen LogP contribution in [-0.2, 0) is 0 Å². The second-order valence-corrected chi connectivity index (χ2v) is 6.62. The van der Waals surface area contributed by atoms with Gasteiger partial charge in [-0.25, -0.2) is 4.68 Å². The molecule has 4 rings (SSSR count). The fraction of sp³-hybridized carbons (Fsp3) is 0.0435. The van der Waals surface area contributed by atoms with E-state index in [1.807, 2.05) is 60.8 Å². The van der Waals surface area contributed by atoms with Gasteiger partial charge in [0, 0.05) is 29.5 Å². The molecular formula is C23H19N5O3. The molecule has 0 unspecified atom stereocenters. The number of anilines is 1. The first-order valence-corrected chi connectivity index (χ1v) is 9.47. The van der Waals surface area contributed by atoms with Crippen LogP contribution in [0.15, 0.2) is 90.2 Å². The average Bonchev–Trinajstić information content (AvgIpc) is 3.24. The zero-order chi connectivity index (χ0) is 21.6. The third kappa shape index (κ3) is 4.59. The van der Waals surface area contributed by atoms with Crippen molar-refractivity contribution in [1.29, 1.82) is 0 Å². The smallest absolute Gasteiger partial charge is 0.271 e. The van der Waals surface area contributed by atoms with E-state index in [2.05, 4.69) is 10.5 Å². The minimum atomic E-state index is -0.444. The van der Waals surface area contributed by atoms with Crippen LogP contribution in [-0.4, -0.2) is 28.0 Å². The summed E-state index contributed by atoms with van der Waals surface area (Å²) in [5, 5.41) is 20.0. The van der Waals surface area contributed by atoms with Crippen molar-refractivity contribution < 1.29 is 9.66 Å². The lowest BCUT2D eigenvalue weighted by Crippen LogP contribution is -1.94. The van der Waals surface area contributed by atoms with E-state index in [1.54, 1.807) is 30.1 Å². The van der Waals surface area contributed by atoms with Crippen molar-refractivity contribution in [3.8, 4) is 22.7 Å². The molecule has 0 saturated heterocycles. The van der Waals surface area contributed by atoms with E-state index in [4.69, 9.17) is 9.84 Å². The van der Waals surface area contributed by atoms with Gasteiger partial charge < -0.3 is 4.74 Å². The van der Waals surface area contributed by atoms with Crippen molar-refractivity contribution >= 4 is 17.6 Å². The number of benzene rings is 3. The van der Waals surface area contributed by atoms with E-state index < -0.39 is 4.92 Å². The van der Waals surface area contributed by atoms with Gasteiger partial charge in [0.1, 0.15) is 11.4 Å². The number of nitro benzene ring substituents is 1. The predicted molar refractivity (Wildman–Crippen MR) is 120 cm³/mol. The summed E-state index contributed by atoms with van der Waals surface area (Å²) in [7, 11) is 1.62. The number of nitrogens with one attached hydrogen (secondary N) is 1. The Morgan fingerprint density at radius 1 is 1.06 bits per heavy atom. The number of hydrazone groups is 1. The minimum Gasteiger partial charge on any atom is -0.497 e. The van der Waals surface area contributed by atoms with E-state index in [0.717, 1.165) is 28.3 Å². The highest BCUT2D eigenvalue weighted by molar-refractivity contribution is 5.89. The summed E-state index contributed by atoms with van der Waals surface area (Å²) >= 11 is 0. The molecule has 8 heteroatoms. The maximum absolute atomic E-state index is 11.0. The SMILES string of the molecule is COc1ccc(-c2nn(-c3ccccc3)cc2C=NNc2cccc([N+](=O)[O-])c2)cc1. The number of rotatable bonds is 7. The van der Waals surface area contributed by atoms with Crippen molar-refractivity contribution in [1.82, 2.24) is 9.78 Å². The fourth-order valence-corrected chi connectivity index (χ4v) is 3.03. The molecule has 0 aliphatic rings. The molecule has 0 spiro atoms. The maximum Gasteiger partial charge on any atom is 0.271 e. The lowest BCUT2D eigenvalue weighted by molar-refractivity contribution is -0.384. The summed E-state index contributed by atoms with van der Waals surface area (Å²) in [6.45, 7) is 0. The van der Waals surface area contributed by atoms with Gasteiger partial charge >= 0.3 is 0 Å². The van der Waals surface area contributed by atoms with Crippen molar-refractivity contribution in [3.63, 3.8) is 0 Å². The highest BCUT2D eigenvalue weighted by Crippen LogP contribution is 2.25. The summed E-state index contributed by atoms with van der Waals surface area (Å²) in [5.74, 6) is 0.758. The molecule has 0 amide bonds. The largest absolute Gasteiger partial charge is 0.497 e. The molecule has 0 atom stereocenters. The maximum atomic E-state index is 11.0. The van der Waals surface area contributed by atoms with Crippen LogP contribution in [0.25, 0.3) is 16.9 Å². The summed E-state index contributed by atoms with van der Waals surface area (Å²) in [4.78, 5) is 10.5. The lowest BCUT2D eigenvalue weighted by Gasteiger charge is -2.03. The molecule has 0 bridgehead atoms. The zero-order valence-electron chi connectivity index (χ0n) is 16.7. The van der Waals surface area contributed by atoms with Gasteiger partial charge in [0.2, 0.25) is 0 Å². The number of hydrogen-bond acceptors (Lipinski definition) is 6. The van der Waals surface area contributed by atoms with Crippen LogP contribution in [0, 0.1) is 10.1 Å². The summed E-state index contributed by atoms with van der Waals surface area (Å²) < 4.78 is 7.03.